The maximum Gasteiger partial charge on any atom is 0.414 e. The van der Waals surface area contributed by atoms with E-state index in [4.69, 9.17) is 9.47 Å². The van der Waals surface area contributed by atoms with Crippen LogP contribution < -0.4 is 20.0 Å². The lowest BCUT2D eigenvalue weighted by Gasteiger charge is -2.27. The average molecular weight is 599 g/mol. The van der Waals surface area contributed by atoms with E-state index < -0.39 is 40.3 Å². The molecular weight excluding hydrogens is 566 g/mol. The van der Waals surface area contributed by atoms with Gasteiger partial charge in [-0.15, -0.1) is 0 Å². The van der Waals surface area contributed by atoms with Gasteiger partial charge in [0.05, 0.1) is 17.6 Å². The number of pyridine rings is 2. The molecule has 0 bridgehead atoms. The Hall–Kier alpha value is -4.26. The molecule has 1 unspecified atom stereocenters. The summed E-state index contributed by atoms with van der Waals surface area (Å²) in [5, 5.41) is 20.7. The maximum atomic E-state index is 15.4. The fraction of sp³-hybridized carbons (Fsp3) is 0.467. The van der Waals surface area contributed by atoms with Crippen molar-refractivity contribution in [2.24, 2.45) is 0 Å². The molecule has 0 radical (unpaired) electrons. The molecule has 43 heavy (non-hydrogen) atoms. The van der Waals surface area contributed by atoms with Crippen LogP contribution in [0.2, 0.25) is 0 Å². The Kier molecular flexibility index (Phi) is 7.45. The fourth-order valence-electron chi connectivity index (χ4n) is 5.71. The van der Waals surface area contributed by atoms with Crippen LogP contribution in [-0.2, 0) is 4.74 Å². The minimum Gasteiger partial charge on any atom is -0.488 e. The van der Waals surface area contributed by atoms with Gasteiger partial charge in [-0.3, -0.25) is 9.69 Å². The molecule has 13 heteroatoms. The van der Waals surface area contributed by atoms with Crippen LogP contribution in [0, 0.1) is 11.6 Å². The number of benzene rings is 1. The number of nitrogens with zero attached hydrogens (tertiary/aromatic N) is 4. The summed E-state index contributed by atoms with van der Waals surface area (Å²) in [5.74, 6) is -2.87. The highest BCUT2D eigenvalue weighted by Gasteiger charge is 2.35. The Balaban J connectivity index is 1.17. The summed E-state index contributed by atoms with van der Waals surface area (Å²) in [6, 6.07) is 5.20. The minimum atomic E-state index is -1.38. The van der Waals surface area contributed by atoms with Gasteiger partial charge in [0.1, 0.15) is 29.5 Å². The monoisotopic (exact) mass is 598 g/mol. The molecular formula is C30H32F2N4O7. The highest BCUT2D eigenvalue weighted by molar-refractivity contribution is 5.92. The molecule has 2 atom stereocenters. The first-order valence-electron chi connectivity index (χ1n) is 14.4. The molecule has 11 nitrogen and oxygen atoms in total. The molecule has 0 spiro atoms. The predicted molar refractivity (Wildman–Crippen MR) is 152 cm³/mol. The normalized spacial score (nSPS) is 22.5. The van der Waals surface area contributed by atoms with Crippen LogP contribution in [0.5, 0.6) is 5.75 Å². The third-order valence-electron chi connectivity index (χ3n) is 8.38. The average Bonchev–Trinajstić information content (AvgIpc) is 3.77. The molecule has 3 aromatic rings. The van der Waals surface area contributed by atoms with Crippen LogP contribution in [0.15, 0.2) is 35.3 Å². The number of aliphatic hydroxyl groups is 1. The first-order chi connectivity index (χ1) is 20.6. The lowest BCUT2D eigenvalue weighted by atomic mass is 9.96. The van der Waals surface area contributed by atoms with Crippen molar-refractivity contribution in [2.75, 3.05) is 36.0 Å². The molecule has 2 aromatic heterocycles. The van der Waals surface area contributed by atoms with Crippen molar-refractivity contribution in [3.05, 3.63) is 57.9 Å². The van der Waals surface area contributed by atoms with E-state index in [0.29, 0.717) is 38.0 Å². The van der Waals surface area contributed by atoms with Gasteiger partial charge in [0, 0.05) is 31.4 Å². The minimum absolute atomic E-state index is 0.00900. The number of amides is 1. The molecule has 3 aliphatic rings. The summed E-state index contributed by atoms with van der Waals surface area (Å²) in [6.07, 6.45) is 3.71. The lowest BCUT2D eigenvalue weighted by molar-refractivity contribution is -0.0153. The topological polar surface area (TPSA) is 134 Å². The SMILES string of the molecule is CC[C@H]1CN(c2ccc(OCC3(O)CCCN(c4nc5c(cc4F)c(=O)c(C(=O)O)cn5C4CC4)CC3)c(F)c2)C(=O)O1. The number of fused-ring (bicyclic) bond motifs is 1. The standard InChI is InChI=1S/C30H32F2N4O7/c1-2-19-14-36(29(40)43-19)18-6-7-24(22(31)12-18)42-16-30(41)8-3-10-34(11-9-30)27-23(32)13-20-25(37)21(28(38)39)15-35(17-4-5-17)26(20)33-27/h6-7,12-13,15,17,19,41H,2-5,8-11,14,16H2,1H3,(H,38,39)/t19-,30?/m0/s1. The molecule has 6 rings (SSSR count). The highest BCUT2D eigenvalue weighted by atomic mass is 19.1. The van der Waals surface area contributed by atoms with Crippen LogP contribution in [-0.4, -0.2) is 69.8 Å². The Morgan fingerprint density at radius 3 is 2.63 bits per heavy atom. The summed E-state index contributed by atoms with van der Waals surface area (Å²) in [6.45, 7) is 2.62. The van der Waals surface area contributed by atoms with E-state index in [9.17, 15) is 29.0 Å². The van der Waals surface area contributed by atoms with Crippen LogP contribution in [0.1, 0.15) is 61.8 Å². The smallest absolute Gasteiger partial charge is 0.414 e. The second-order valence-corrected chi connectivity index (χ2v) is 11.5. The third-order valence-corrected chi connectivity index (χ3v) is 8.38. The zero-order valence-electron chi connectivity index (χ0n) is 23.6. The first kappa shape index (κ1) is 28.8. The number of carboxylic acid groups (broad SMARTS) is 1. The van der Waals surface area contributed by atoms with Gasteiger partial charge in [-0.25, -0.2) is 23.4 Å². The van der Waals surface area contributed by atoms with Crippen molar-refractivity contribution < 1.29 is 38.1 Å². The number of carboxylic acids is 1. The van der Waals surface area contributed by atoms with Gasteiger partial charge in [-0.1, -0.05) is 6.92 Å². The molecule has 1 amide bonds. The van der Waals surface area contributed by atoms with Crippen molar-refractivity contribution in [1.29, 1.82) is 0 Å². The molecule has 2 saturated heterocycles. The number of hydrogen-bond donors (Lipinski definition) is 2. The molecule has 2 N–H and O–H groups in total. The number of rotatable bonds is 8. The second kappa shape index (κ2) is 11.1. The quantitative estimate of drug-likeness (QED) is 0.390. The van der Waals surface area contributed by atoms with Gasteiger partial charge in [0.15, 0.2) is 23.2 Å². The molecule has 228 valence electrons. The van der Waals surface area contributed by atoms with Crippen LogP contribution in [0.25, 0.3) is 11.0 Å². The third kappa shape index (κ3) is 5.61. The summed E-state index contributed by atoms with van der Waals surface area (Å²) < 4.78 is 42.8. The van der Waals surface area contributed by atoms with Gasteiger partial charge in [0.2, 0.25) is 5.43 Å². The number of cyclic esters (lactones) is 1. The molecule has 4 heterocycles. The van der Waals surface area contributed by atoms with E-state index in [-0.39, 0.29) is 54.3 Å². The maximum absolute atomic E-state index is 15.4. The lowest BCUT2D eigenvalue weighted by Crippen LogP contribution is -2.37. The van der Waals surface area contributed by atoms with Crippen molar-refractivity contribution in [3.63, 3.8) is 0 Å². The largest absolute Gasteiger partial charge is 0.488 e. The molecule has 2 aliphatic heterocycles. The summed E-state index contributed by atoms with van der Waals surface area (Å²) in [7, 11) is 0. The van der Waals surface area contributed by atoms with E-state index in [1.807, 2.05) is 6.92 Å². The highest BCUT2D eigenvalue weighted by Crippen LogP contribution is 2.37. The number of carbonyl (C=O) groups is 2. The van der Waals surface area contributed by atoms with E-state index in [1.165, 1.54) is 23.2 Å². The molecule has 1 aliphatic carbocycles. The molecule has 1 saturated carbocycles. The number of ether oxygens (including phenoxy) is 2. The van der Waals surface area contributed by atoms with Gasteiger partial charge in [-0.2, -0.15) is 0 Å². The zero-order valence-corrected chi connectivity index (χ0v) is 23.6. The number of aromatic nitrogens is 2. The van der Waals surface area contributed by atoms with Gasteiger partial charge >= 0.3 is 12.1 Å². The Bertz CT molecular complexity index is 1660. The Morgan fingerprint density at radius 2 is 1.95 bits per heavy atom. The Morgan fingerprint density at radius 1 is 1.16 bits per heavy atom. The summed E-state index contributed by atoms with van der Waals surface area (Å²) >= 11 is 0. The number of carbonyl (C=O) groups excluding carboxylic acids is 1. The molecule has 1 aromatic carbocycles. The second-order valence-electron chi connectivity index (χ2n) is 11.5. The van der Waals surface area contributed by atoms with E-state index in [0.717, 1.165) is 18.9 Å². The fourth-order valence-corrected chi connectivity index (χ4v) is 5.71. The van der Waals surface area contributed by atoms with Gasteiger partial charge in [0.25, 0.3) is 0 Å². The Labute approximate surface area is 245 Å². The van der Waals surface area contributed by atoms with E-state index in [2.05, 4.69) is 4.98 Å². The number of hydrogen-bond acceptors (Lipinski definition) is 8. The predicted octanol–water partition coefficient (Wildman–Crippen LogP) is 4.24. The summed E-state index contributed by atoms with van der Waals surface area (Å²) in [4.78, 5) is 44.0. The van der Waals surface area contributed by atoms with Gasteiger partial charge in [-0.05, 0) is 56.7 Å². The first-order valence-corrected chi connectivity index (χ1v) is 14.4. The van der Waals surface area contributed by atoms with Crippen LogP contribution >= 0.6 is 0 Å². The number of halogens is 2. The van der Waals surface area contributed by atoms with Gasteiger partial charge < -0.3 is 29.2 Å². The zero-order chi connectivity index (χ0) is 30.5. The summed E-state index contributed by atoms with van der Waals surface area (Å²) in [5.41, 5.74) is -1.96. The van der Waals surface area contributed by atoms with Crippen LogP contribution in [0.3, 0.4) is 0 Å². The van der Waals surface area contributed by atoms with Crippen molar-refractivity contribution >= 4 is 34.6 Å². The van der Waals surface area contributed by atoms with Crippen LogP contribution in [0.4, 0.5) is 25.1 Å². The molecule has 3 fully saturated rings. The van der Waals surface area contributed by atoms with Crippen molar-refractivity contribution in [1.82, 2.24) is 9.55 Å². The van der Waals surface area contributed by atoms with E-state index >= 15 is 4.39 Å². The van der Waals surface area contributed by atoms with Crippen molar-refractivity contribution in [3.8, 4) is 5.75 Å². The van der Waals surface area contributed by atoms with Crippen molar-refractivity contribution in [2.45, 2.75) is 63.2 Å². The number of anilines is 2. The van der Waals surface area contributed by atoms with E-state index in [1.54, 1.807) is 15.5 Å². The number of aromatic carboxylic acids is 1.